The van der Waals surface area contributed by atoms with Crippen LogP contribution in [-0.2, 0) is 9.47 Å². The Morgan fingerprint density at radius 1 is 0.695 bits per heavy atom. The van der Waals surface area contributed by atoms with Crippen molar-refractivity contribution < 1.29 is 19.1 Å². The van der Waals surface area contributed by atoms with Crippen LogP contribution in [0.2, 0.25) is 0 Å². The first-order chi connectivity index (χ1) is 28.8. The van der Waals surface area contributed by atoms with E-state index in [1.807, 2.05) is 36.5 Å². The first-order valence-corrected chi connectivity index (χ1v) is 23.8. The van der Waals surface area contributed by atoms with Crippen molar-refractivity contribution in [3.8, 4) is 0 Å². The summed E-state index contributed by atoms with van der Waals surface area (Å²) in [4.78, 5) is 43.3. The molecule has 6 heterocycles. The Balaban J connectivity index is 0.000000176. The highest BCUT2D eigenvalue weighted by Crippen LogP contribution is 2.31. The molecule has 12 nitrogen and oxygen atoms in total. The first-order valence-electron chi connectivity index (χ1n) is 21.4. The van der Waals surface area contributed by atoms with E-state index in [4.69, 9.17) is 14.5 Å². The number of thiazole rings is 2. The highest BCUT2D eigenvalue weighted by Gasteiger charge is 2.18. The molecule has 0 saturated carbocycles. The van der Waals surface area contributed by atoms with Crippen LogP contribution in [0, 0.1) is 0 Å². The summed E-state index contributed by atoms with van der Waals surface area (Å²) in [5.74, 6) is 1.49. The molecule has 2 aliphatic heterocycles. The van der Waals surface area contributed by atoms with Crippen LogP contribution in [0.1, 0.15) is 86.9 Å². The average molecular weight is 910 g/mol. The van der Waals surface area contributed by atoms with Crippen LogP contribution in [0.3, 0.4) is 0 Å². The van der Waals surface area contributed by atoms with Gasteiger partial charge in [0.05, 0.1) is 53.1 Å². The molecular formula is C44H61BrN8O4S2. The van der Waals surface area contributed by atoms with Gasteiger partial charge >= 0.3 is 0 Å². The Hall–Kier alpha value is -3.28. The van der Waals surface area contributed by atoms with E-state index in [0.29, 0.717) is 12.8 Å². The zero-order valence-electron chi connectivity index (χ0n) is 35.2. The summed E-state index contributed by atoms with van der Waals surface area (Å²) in [5, 5.41) is 3.16. The summed E-state index contributed by atoms with van der Waals surface area (Å²) < 4.78 is 17.7. The van der Waals surface area contributed by atoms with Crippen molar-refractivity contribution in [1.29, 1.82) is 0 Å². The van der Waals surface area contributed by atoms with Crippen molar-refractivity contribution in [1.82, 2.24) is 33.9 Å². The molecule has 15 heteroatoms. The van der Waals surface area contributed by atoms with Gasteiger partial charge in [0.1, 0.15) is 10.4 Å². The monoisotopic (exact) mass is 908 g/mol. The van der Waals surface area contributed by atoms with E-state index in [9.17, 15) is 9.59 Å². The fraction of sp³-hybridized carbons (Fsp3) is 0.545. The van der Waals surface area contributed by atoms with Crippen LogP contribution >= 0.6 is 38.6 Å². The predicted molar refractivity (Wildman–Crippen MR) is 248 cm³/mol. The largest absolute Gasteiger partial charge is 0.379 e. The maximum Gasteiger partial charge on any atom is 0.196 e. The zero-order valence-corrected chi connectivity index (χ0v) is 38.4. The molecule has 59 heavy (non-hydrogen) atoms. The number of halogens is 1. The van der Waals surface area contributed by atoms with Crippen molar-refractivity contribution in [2.75, 3.05) is 96.8 Å². The lowest BCUT2D eigenvalue weighted by Crippen LogP contribution is -2.36. The Labute approximate surface area is 365 Å². The number of unbranched alkanes of at least 4 members (excludes halogenated alkanes) is 2. The molecule has 2 aliphatic rings. The van der Waals surface area contributed by atoms with E-state index in [1.165, 1.54) is 0 Å². The number of fused-ring (bicyclic) bond motifs is 6. The van der Waals surface area contributed by atoms with E-state index in [1.54, 1.807) is 22.7 Å². The number of Topliss-reactive ketones (excluding diaryl/α,β-unsaturated/α-hetero) is 2. The van der Waals surface area contributed by atoms with Gasteiger partial charge in [0.15, 0.2) is 21.5 Å². The predicted octanol–water partition coefficient (Wildman–Crippen LogP) is 8.69. The quantitative estimate of drug-likeness (QED) is 0.0706. The Bertz CT molecular complexity index is 2220. The minimum atomic E-state index is 0.240. The van der Waals surface area contributed by atoms with Gasteiger partial charge in [0, 0.05) is 56.3 Å². The lowest BCUT2D eigenvalue weighted by molar-refractivity contribution is 0.0970. The molecule has 2 saturated heterocycles. The summed E-state index contributed by atoms with van der Waals surface area (Å²) in [7, 11) is 0. The molecule has 2 fully saturated rings. The first kappa shape index (κ1) is 45.3. The van der Waals surface area contributed by atoms with Crippen molar-refractivity contribution in [2.24, 2.45) is 0 Å². The van der Waals surface area contributed by atoms with Gasteiger partial charge in [-0.15, -0.1) is 0 Å². The Morgan fingerprint density at radius 2 is 1.19 bits per heavy atom. The molecule has 8 rings (SSSR count). The molecule has 4 aromatic heterocycles. The third-order valence-electron chi connectivity index (χ3n) is 11.0. The number of hydrogen-bond acceptors (Lipinski definition) is 12. The second kappa shape index (κ2) is 23.1. The van der Waals surface area contributed by atoms with E-state index in [0.717, 1.165) is 169 Å². The number of carbonyl (C=O) groups excluding carboxylic acids is 2. The second-order valence-electron chi connectivity index (χ2n) is 14.8. The number of anilines is 1. The summed E-state index contributed by atoms with van der Waals surface area (Å²) in [5.41, 5.74) is 3.86. The number of hydrogen-bond donors (Lipinski definition) is 1. The van der Waals surface area contributed by atoms with Crippen LogP contribution < -0.4 is 10.2 Å². The third kappa shape index (κ3) is 12.4. The van der Waals surface area contributed by atoms with E-state index >= 15 is 0 Å². The summed E-state index contributed by atoms with van der Waals surface area (Å²) in [6.07, 6.45) is 9.37. The number of imidazole rings is 2. The fourth-order valence-electron chi connectivity index (χ4n) is 7.38. The number of benzene rings is 2. The van der Waals surface area contributed by atoms with Gasteiger partial charge in [-0.3, -0.25) is 18.4 Å². The molecular weight excluding hydrogens is 849 g/mol. The van der Waals surface area contributed by atoms with Crippen molar-refractivity contribution in [3.05, 3.63) is 64.5 Å². The Kier molecular flexibility index (Phi) is 17.7. The van der Waals surface area contributed by atoms with Crippen LogP contribution in [0.15, 0.2) is 53.4 Å². The number of carbonyl (C=O) groups is 2. The summed E-state index contributed by atoms with van der Waals surface area (Å²) in [6, 6.07) is 12.0. The second-order valence-corrected chi connectivity index (χ2v) is 17.6. The van der Waals surface area contributed by atoms with Gasteiger partial charge in [0.2, 0.25) is 0 Å². The SMILES string of the molecule is C1COCCN1.CCN(CC)CCCCC(=O)c1ccc2c(c1)sc1nc(Br)cn12.CCN(CC)CCCCC(=O)c1ccc2c(c1)sc1nc(N3CCOCC3)cn12. The van der Waals surface area contributed by atoms with Gasteiger partial charge in [-0.2, -0.15) is 0 Å². The van der Waals surface area contributed by atoms with Gasteiger partial charge in [-0.25, -0.2) is 9.97 Å². The molecule has 0 amide bonds. The minimum Gasteiger partial charge on any atom is -0.379 e. The fourth-order valence-corrected chi connectivity index (χ4v) is 9.96. The van der Waals surface area contributed by atoms with Crippen LogP contribution in [0.4, 0.5) is 5.82 Å². The minimum absolute atomic E-state index is 0.240. The zero-order chi connectivity index (χ0) is 41.6. The van der Waals surface area contributed by atoms with Gasteiger partial charge < -0.3 is 29.5 Å². The van der Waals surface area contributed by atoms with Gasteiger partial charge in [-0.1, -0.05) is 50.4 Å². The van der Waals surface area contributed by atoms with Crippen molar-refractivity contribution in [3.63, 3.8) is 0 Å². The molecule has 2 aromatic carbocycles. The lowest BCUT2D eigenvalue weighted by Gasteiger charge is -2.26. The standard InChI is InChI=1S/C22H30N4O2S.C18H22BrN3OS.C4H9NO/c1-3-24(4-2)10-6-5-7-19(27)17-8-9-18-20(15-17)29-22-23-21(16-26(18)22)25-11-13-28-14-12-25;1-3-21(4-2)10-6-5-7-15(23)13-8-9-14-16(11-13)24-18-20-17(19)12-22(14)18;1-3-6-4-2-5-1/h8-9,15-16H,3-7,10-14H2,1-2H3;8-9,11-12H,3-7,10H2,1-2H3;5H,1-4H2. The van der Waals surface area contributed by atoms with Gasteiger partial charge in [0.25, 0.3) is 0 Å². The van der Waals surface area contributed by atoms with Crippen molar-refractivity contribution in [2.45, 2.75) is 66.2 Å². The molecule has 320 valence electrons. The van der Waals surface area contributed by atoms with Crippen LogP contribution in [-0.4, -0.2) is 132 Å². The van der Waals surface area contributed by atoms with E-state index in [-0.39, 0.29) is 11.6 Å². The maximum atomic E-state index is 12.6. The number of ether oxygens (including phenoxy) is 2. The summed E-state index contributed by atoms with van der Waals surface area (Å²) >= 11 is 6.67. The van der Waals surface area contributed by atoms with Crippen LogP contribution in [0.25, 0.3) is 30.4 Å². The topological polar surface area (TPSA) is 109 Å². The smallest absolute Gasteiger partial charge is 0.196 e. The molecule has 0 atom stereocenters. The molecule has 0 unspecified atom stereocenters. The summed E-state index contributed by atoms with van der Waals surface area (Å²) in [6.45, 7) is 22.3. The average Bonchev–Trinajstić information content (AvgIpc) is 4.03. The van der Waals surface area contributed by atoms with Gasteiger partial charge in [-0.05, 0) is 117 Å². The molecule has 1 N–H and O–H groups in total. The van der Waals surface area contributed by atoms with E-state index < -0.39 is 0 Å². The number of nitrogens with zero attached hydrogens (tertiary/aromatic N) is 7. The molecule has 0 bridgehead atoms. The van der Waals surface area contributed by atoms with Crippen molar-refractivity contribution >= 4 is 86.3 Å². The highest BCUT2D eigenvalue weighted by atomic mass is 79.9. The number of nitrogens with one attached hydrogen (secondary N) is 1. The number of rotatable bonds is 17. The van der Waals surface area contributed by atoms with Crippen LogP contribution in [0.5, 0.6) is 0 Å². The highest BCUT2D eigenvalue weighted by molar-refractivity contribution is 9.10. The lowest BCUT2D eigenvalue weighted by atomic mass is 10.1. The number of ketones is 2. The normalized spacial score (nSPS) is 14.7. The number of aromatic nitrogens is 4. The molecule has 0 spiro atoms. The maximum absolute atomic E-state index is 12.6. The molecule has 0 aliphatic carbocycles. The Morgan fingerprint density at radius 3 is 1.66 bits per heavy atom. The number of morpholine rings is 2. The van der Waals surface area contributed by atoms with E-state index in [2.05, 4.69) is 89.7 Å². The molecule has 6 aromatic rings. The third-order valence-corrected chi connectivity index (χ3v) is 13.4. The molecule has 0 radical (unpaired) electrons.